The lowest BCUT2D eigenvalue weighted by Crippen LogP contribution is -2.48. The Kier molecular flexibility index (Phi) is 5.76. The van der Waals surface area contributed by atoms with Crippen molar-refractivity contribution in [3.8, 4) is 0 Å². The maximum Gasteiger partial charge on any atom is 0.276 e. The molecule has 10 heteroatoms. The van der Waals surface area contributed by atoms with Crippen LogP contribution in [0.1, 0.15) is 46.8 Å². The van der Waals surface area contributed by atoms with Crippen LogP contribution in [-0.2, 0) is 19.5 Å². The summed E-state index contributed by atoms with van der Waals surface area (Å²) in [6, 6.07) is 2.25. The second-order valence-electron chi connectivity index (χ2n) is 7.92. The number of hydrogen-bond donors (Lipinski definition) is 0. The smallest absolute Gasteiger partial charge is 0.276 e. The topological polar surface area (TPSA) is 97.4 Å². The standard InChI is InChI=1S/C20H25FN6O3/c1-14-16(21)11-15(12-17(14)27(29)30)20(28)25-9-7-24(8-10-25)13-19-23-22-18-5-3-2-4-6-26(18)19/h11-12H,2-10,13H2,1H3. The minimum Gasteiger partial charge on any atom is -0.336 e. The highest BCUT2D eigenvalue weighted by atomic mass is 19.1. The van der Waals surface area contributed by atoms with E-state index in [2.05, 4.69) is 19.7 Å². The second kappa shape index (κ2) is 8.47. The molecule has 0 N–H and O–H groups in total. The number of piperazine rings is 1. The fourth-order valence-electron chi connectivity index (χ4n) is 4.13. The van der Waals surface area contributed by atoms with Crippen LogP contribution in [-0.4, -0.2) is 61.6 Å². The van der Waals surface area contributed by atoms with Gasteiger partial charge in [-0.15, -0.1) is 10.2 Å². The summed E-state index contributed by atoms with van der Waals surface area (Å²) < 4.78 is 16.3. The molecule has 1 amide bonds. The first-order valence-electron chi connectivity index (χ1n) is 10.3. The maximum absolute atomic E-state index is 14.1. The monoisotopic (exact) mass is 416 g/mol. The molecule has 0 bridgehead atoms. The molecule has 3 heterocycles. The third-order valence-electron chi connectivity index (χ3n) is 5.97. The highest BCUT2D eigenvalue weighted by Crippen LogP contribution is 2.24. The summed E-state index contributed by atoms with van der Waals surface area (Å²) in [6.07, 6.45) is 4.46. The zero-order valence-corrected chi connectivity index (χ0v) is 17.0. The zero-order valence-electron chi connectivity index (χ0n) is 17.0. The van der Waals surface area contributed by atoms with E-state index in [4.69, 9.17) is 0 Å². The molecule has 0 radical (unpaired) electrons. The number of aryl methyl sites for hydroxylation is 1. The van der Waals surface area contributed by atoms with Crippen molar-refractivity contribution >= 4 is 11.6 Å². The molecule has 9 nitrogen and oxygen atoms in total. The van der Waals surface area contributed by atoms with E-state index in [0.29, 0.717) is 32.7 Å². The second-order valence-corrected chi connectivity index (χ2v) is 7.92. The number of amides is 1. The molecule has 0 unspecified atom stereocenters. The van der Waals surface area contributed by atoms with Crippen LogP contribution in [0.15, 0.2) is 12.1 Å². The Bertz CT molecular complexity index is 968. The number of hydrogen-bond acceptors (Lipinski definition) is 6. The lowest BCUT2D eigenvalue weighted by molar-refractivity contribution is -0.385. The van der Waals surface area contributed by atoms with Gasteiger partial charge in [-0.3, -0.25) is 19.8 Å². The summed E-state index contributed by atoms with van der Waals surface area (Å²) in [5.74, 6) is 0.897. The van der Waals surface area contributed by atoms with Crippen molar-refractivity contribution in [1.29, 1.82) is 0 Å². The van der Waals surface area contributed by atoms with Crippen LogP contribution in [0.5, 0.6) is 0 Å². The van der Waals surface area contributed by atoms with Crippen LogP contribution >= 0.6 is 0 Å². The first-order chi connectivity index (χ1) is 14.4. The number of nitrogens with zero attached hydrogens (tertiary/aromatic N) is 6. The largest absolute Gasteiger partial charge is 0.336 e. The van der Waals surface area contributed by atoms with Gasteiger partial charge in [0.05, 0.1) is 17.0 Å². The van der Waals surface area contributed by atoms with Crippen molar-refractivity contribution < 1.29 is 14.1 Å². The first-order valence-corrected chi connectivity index (χ1v) is 10.3. The van der Waals surface area contributed by atoms with Crippen molar-refractivity contribution in [2.24, 2.45) is 0 Å². The van der Waals surface area contributed by atoms with Gasteiger partial charge in [0, 0.05) is 50.8 Å². The number of aromatic nitrogens is 3. The molecule has 1 aromatic heterocycles. The van der Waals surface area contributed by atoms with Gasteiger partial charge in [-0.1, -0.05) is 6.42 Å². The van der Waals surface area contributed by atoms with Crippen molar-refractivity contribution in [3.05, 3.63) is 50.8 Å². The maximum atomic E-state index is 14.1. The van der Waals surface area contributed by atoms with Gasteiger partial charge in [0.15, 0.2) is 0 Å². The Morgan fingerprint density at radius 2 is 1.90 bits per heavy atom. The molecular formula is C20H25FN6O3. The third kappa shape index (κ3) is 4.04. The van der Waals surface area contributed by atoms with Gasteiger partial charge in [-0.05, 0) is 25.8 Å². The van der Waals surface area contributed by atoms with Crippen molar-refractivity contribution in [2.45, 2.75) is 45.7 Å². The average Bonchev–Trinajstić information content (AvgIpc) is 2.95. The van der Waals surface area contributed by atoms with Crippen LogP contribution in [0.25, 0.3) is 0 Å². The number of fused-ring (bicyclic) bond motifs is 1. The molecule has 30 heavy (non-hydrogen) atoms. The lowest BCUT2D eigenvalue weighted by Gasteiger charge is -2.34. The molecule has 0 spiro atoms. The van der Waals surface area contributed by atoms with E-state index in [1.54, 1.807) is 4.90 Å². The summed E-state index contributed by atoms with van der Waals surface area (Å²) >= 11 is 0. The van der Waals surface area contributed by atoms with Gasteiger partial charge in [0.25, 0.3) is 11.6 Å². The van der Waals surface area contributed by atoms with E-state index in [1.165, 1.54) is 19.4 Å². The van der Waals surface area contributed by atoms with Gasteiger partial charge in [0.1, 0.15) is 17.5 Å². The van der Waals surface area contributed by atoms with Gasteiger partial charge in [-0.2, -0.15) is 0 Å². The molecule has 2 aliphatic heterocycles. The van der Waals surface area contributed by atoms with E-state index >= 15 is 0 Å². The van der Waals surface area contributed by atoms with Crippen LogP contribution in [0.3, 0.4) is 0 Å². The quantitative estimate of drug-likeness (QED) is 0.560. The molecule has 4 rings (SSSR count). The Morgan fingerprint density at radius 1 is 1.13 bits per heavy atom. The molecule has 0 aliphatic carbocycles. The van der Waals surface area contributed by atoms with Gasteiger partial charge < -0.3 is 9.47 Å². The molecule has 0 atom stereocenters. The fraction of sp³-hybridized carbons (Fsp3) is 0.550. The molecule has 160 valence electrons. The van der Waals surface area contributed by atoms with Crippen LogP contribution in [0, 0.1) is 22.9 Å². The number of nitro groups is 1. The number of rotatable bonds is 4. The highest BCUT2D eigenvalue weighted by molar-refractivity contribution is 5.95. The molecular weight excluding hydrogens is 391 g/mol. The van der Waals surface area contributed by atoms with Crippen molar-refractivity contribution in [3.63, 3.8) is 0 Å². The number of nitro benzene ring substituents is 1. The van der Waals surface area contributed by atoms with Crippen molar-refractivity contribution in [2.75, 3.05) is 26.2 Å². The first kappa shape index (κ1) is 20.4. The zero-order chi connectivity index (χ0) is 21.3. The molecule has 1 fully saturated rings. The van der Waals surface area contributed by atoms with Crippen LogP contribution < -0.4 is 0 Å². The molecule has 1 saturated heterocycles. The normalized spacial score (nSPS) is 17.5. The summed E-state index contributed by atoms with van der Waals surface area (Å²) in [6.45, 7) is 5.24. The Balaban J connectivity index is 1.40. The molecule has 1 aromatic carbocycles. The SMILES string of the molecule is Cc1c(F)cc(C(=O)N2CCN(Cc3nnc4n3CCCCC4)CC2)cc1[N+](=O)[O-]. The highest BCUT2D eigenvalue weighted by Gasteiger charge is 2.26. The molecule has 2 aliphatic rings. The van der Waals surface area contributed by atoms with Gasteiger partial charge >= 0.3 is 0 Å². The fourth-order valence-corrected chi connectivity index (χ4v) is 4.13. The summed E-state index contributed by atoms with van der Waals surface area (Å²) in [7, 11) is 0. The summed E-state index contributed by atoms with van der Waals surface area (Å²) in [4.78, 5) is 27.1. The third-order valence-corrected chi connectivity index (χ3v) is 5.97. The van der Waals surface area contributed by atoms with E-state index in [1.807, 2.05) is 0 Å². The molecule has 0 saturated carbocycles. The summed E-state index contributed by atoms with van der Waals surface area (Å²) in [5, 5.41) is 19.8. The summed E-state index contributed by atoms with van der Waals surface area (Å²) in [5.41, 5.74) is -0.417. The van der Waals surface area contributed by atoms with E-state index in [9.17, 15) is 19.3 Å². The predicted molar refractivity (Wildman–Crippen MR) is 107 cm³/mol. The average molecular weight is 416 g/mol. The number of benzene rings is 1. The van der Waals surface area contributed by atoms with Crippen molar-refractivity contribution in [1.82, 2.24) is 24.6 Å². The van der Waals surface area contributed by atoms with E-state index in [0.717, 1.165) is 43.5 Å². The Hall–Kier alpha value is -2.88. The minimum atomic E-state index is -0.737. The van der Waals surface area contributed by atoms with E-state index < -0.39 is 10.7 Å². The predicted octanol–water partition coefficient (Wildman–Crippen LogP) is 2.32. The Morgan fingerprint density at radius 3 is 2.63 bits per heavy atom. The number of halogens is 1. The van der Waals surface area contributed by atoms with Crippen LogP contribution in [0.4, 0.5) is 10.1 Å². The Labute approximate surface area is 173 Å². The van der Waals surface area contributed by atoms with Crippen LogP contribution in [0.2, 0.25) is 0 Å². The minimum absolute atomic E-state index is 0.0148. The number of carbonyl (C=O) groups is 1. The number of carbonyl (C=O) groups excluding carboxylic acids is 1. The van der Waals surface area contributed by atoms with Gasteiger partial charge in [0.2, 0.25) is 0 Å². The van der Waals surface area contributed by atoms with Gasteiger partial charge in [-0.25, -0.2) is 4.39 Å². The lowest BCUT2D eigenvalue weighted by atomic mass is 10.1. The van der Waals surface area contributed by atoms with E-state index in [-0.39, 0.29) is 22.7 Å². The molecule has 2 aromatic rings.